The molecule has 1 aliphatic rings. The molecule has 6 rings (SSSR count). The largest absolute Gasteiger partial charge is 0.478 e. The van der Waals surface area contributed by atoms with E-state index in [0.29, 0.717) is 23.2 Å². The van der Waals surface area contributed by atoms with Crippen LogP contribution in [0.3, 0.4) is 0 Å². The summed E-state index contributed by atoms with van der Waals surface area (Å²) < 4.78 is 2.27. The van der Waals surface area contributed by atoms with Crippen molar-refractivity contribution in [2.45, 2.75) is 46.2 Å². The molecule has 1 atom stereocenters. The Morgan fingerprint density at radius 3 is 2.62 bits per heavy atom. The lowest BCUT2D eigenvalue weighted by atomic mass is 9.99. The number of amides is 1. The molecule has 1 aliphatic heterocycles. The summed E-state index contributed by atoms with van der Waals surface area (Å²) in [5, 5.41) is 17.1. The van der Waals surface area contributed by atoms with Gasteiger partial charge in [0.15, 0.2) is 0 Å². The zero-order valence-electron chi connectivity index (χ0n) is 24.1. The van der Waals surface area contributed by atoms with Gasteiger partial charge in [-0.25, -0.2) is 9.78 Å². The van der Waals surface area contributed by atoms with Gasteiger partial charge in [0.05, 0.1) is 11.6 Å². The zero-order chi connectivity index (χ0) is 29.4. The Balaban J connectivity index is 1.21. The number of anilines is 1. The number of carbonyl (C=O) groups excluding carboxylic acids is 1. The van der Waals surface area contributed by atoms with Gasteiger partial charge in [-0.05, 0) is 97.3 Å². The topological polar surface area (TPSA) is 96.2 Å². The number of benzene rings is 3. The fourth-order valence-electron chi connectivity index (χ4n) is 5.85. The summed E-state index contributed by atoms with van der Waals surface area (Å²) in [5.41, 5.74) is 9.16. The summed E-state index contributed by atoms with van der Waals surface area (Å²) >= 11 is 0. The van der Waals surface area contributed by atoms with Gasteiger partial charge in [-0.15, -0.1) is 0 Å². The van der Waals surface area contributed by atoms with Crippen LogP contribution in [0.15, 0.2) is 79.0 Å². The summed E-state index contributed by atoms with van der Waals surface area (Å²) in [5.74, 6) is -0.0960. The van der Waals surface area contributed by atoms with Crippen molar-refractivity contribution < 1.29 is 14.7 Å². The van der Waals surface area contributed by atoms with Crippen LogP contribution >= 0.6 is 0 Å². The second-order valence-electron chi connectivity index (χ2n) is 11.1. The number of aromatic nitrogens is 2. The second kappa shape index (κ2) is 11.2. The highest BCUT2D eigenvalue weighted by Gasteiger charge is 2.18. The highest BCUT2D eigenvalue weighted by molar-refractivity contribution is 5.99. The van der Waals surface area contributed by atoms with E-state index in [2.05, 4.69) is 40.1 Å². The first-order chi connectivity index (χ1) is 20.3. The highest BCUT2D eigenvalue weighted by atomic mass is 16.4. The summed E-state index contributed by atoms with van der Waals surface area (Å²) in [4.78, 5) is 29.5. The van der Waals surface area contributed by atoms with Gasteiger partial charge in [0.2, 0.25) is 0 Å². The van der Waals surface area contributed by atoms with Crippen LogP contribution < -0.4 is 10.6 Å². The lowest BCUT2D eigenvalue weighted by Crippen LogP contribution is -2.27. The quantitative estimate of drug-likeness (QED) is 0.202. The van der Waals surface area contributed by atoms with Crippen molar-refractivity contribution in [3.05, 3.63) is 118 Å². The monoisotopic (exact) mass is 558 g/mol. The predicted molar refractivity (Wildman–Crippen MR) is 166 cm³/mol. The van der Waals surface area contributed by atoms with Gasteiger partial charge in [-0.1, -0.05) is 42.5 Å². The van der Waals surface area contributed by atoms with Crippen LogP contribution in [0.4, 0.5) is 5.82 Å². The fraction of sp³-hybridized carbons (Fsp3) is 0.229. The maximum absolute atomic E-state index is 13.3. The molecule has 7 nitrogen and oxygen atoms in total. The zero-order valence-corrected chi connectivity index (χ0v) is 24.1. The van der Waals surface area contributed by atoms with Gasteiger partial charge >= 0.3 is 5.97 Å². The van der Waals surface area contributed by atoms with Crippen LogP contribution in [-0.2, 0) is 13.0 Å². The molecule has 0 radical (unpaired) electrons. The van der Waals surface area contributed by atoms with Gasteiger partial charge in [0, 0.05) is 41.4 Å². The number of aromatic carboxylic acids is 1. The molecule has 0 spiro atoms. The lowest BCUT2D eigenvalue weighted by molar-refractivity contribution is 0.0697. The number of carbonyl (C=O) groups is 2. The minimum absolute atomic E-state index is 0.109. The number of aryl methyl sites for hydroxylation is 2. The van der Waals surface area contributed by atoms with E-state index in [1.807, 2.05) is 67.7 Å². The van der Waals surface area contributed by atoms with Crippen LogP contribution in [0.25, 0.3) is 22.0 Å². The van der Waals surface area contributed by atoms with Crippen molar-refractivity contribution in [3.8, 4) is 11.1 Å². The molecule has 0 fully saturated rings. The Bertz CT molecular complexity index is 1820. The van der Waals surface area contributed by atoms with E-state index >= 15 is 0 Å². The maximum Gasteiger partial charge on any atom is 0.336 e. The second-order valence-corrected chi connectivity index (χ2v) is 11.1. The Kier molecular flexibility index (Phi) is 7.25. The lowest BCUT2D eigenvalue weighted by Gasteiger charge is -2.20. The van der Waals surface area contributed by atoms with Crippen molar-refractivity contribution >= 4 is 28.6 Å². The third kappa shape index (κ3) is 5.14. The summed E-state index contributed by atoms with van der Waals surface area (Å²) in [6, 6.07) is 23.0. The number of nitrogens with one attached hydrogen (secondary N) is 2. The van der Waals surface area contributed by atoms with E-state index in [9.17, 15) is 14.7 Å². The minimum atomic E-state index is -0.935. The maximum atomic E-state index is 13.3. The number of hydrogen-bond donors (Lipinski definition) is 3. The van der Waals surface area contributed by atoms with Crippen LogP contribution in [-0.4, -0.2) is 33.1 Å². The number of carboxylic acids is 1. The van der Waals surface area contributed by atoms with Crippen molar-refractivity contribution in [2.75, 3.05) is 11.9 Å². The number of carboxylic acid groups (broad SMARTS) is 1. The normalized spacial score (nSPS) is 13.3. The molecule has 0 saturated carbocycles. The Hall–Kier alpha value is -4.91. The molecule has 0 unspecified atom stereocenters. The van der Waals surface area contributed by atoms with Crippen LogP contribution in [0.5, 0.6) is 0 Å². The molecule has 0 bridgehead atoms. The highest BCUT2D eigenvalue weighted by Crippen LogP contribution is 2.29. The van der Waals surface area contributed by atoms with Gasteiger partial charge in [0.1, 0.15) is 5.82 Å². The fourth-order valence-corrected chi connectivity index (χ4v) is 5.85. The van der Waals surface area contributed by atoms with Crippen molar-refractivity contribution in [3.63, 3.8) is 0 Å². The molecule has 42 heavy (non-hydrogen) atoms. The van der Waals surface area contributed by atoms with Crippen LogP contribution in [0.1, 0.15) is 68.1 Å². The molecular weight excluding hydrogens is 524 g/mol. The van der Waals surface area contributed by atoms with Crippen molar-refractivity contribution in [1.82, 2.24) is 14.9 Å². The molecule has 3 heterocycles. The molecule has 2 aromatic heterocycles. The predicted octanol–water partition coefficient (Wildman–Crippen LogP) is 6.92. The average molecular weight is 559 g/mol. The van der Waals surface area contributed by atoms with Gasteiger partial charge < -0.3 is 20.3 Å². The number of fused-ring (bicyclic) bond motifs is 2. The summed E-state index contributed by atoms with van der Waals surface area (Å²) in [7, 11) is 0. The Labute approximate surface area is 245 Å². The average Bonchev–Trinajstić information content (AvgIpc) is 3.25. The third-order valence-corrected chi connectivity index (χ3v) is 8.41. The summed E-state index contributed by atoms with van der Waals surface area (Å²) in [6.45, 7) is 7.81. The van der Waals surface area contributed by atoms with Gasteiger partial charge in [0.25, 0.3) is 5.91 Å². The van der Waals surface area contributed by atoms with E-state index in [4.69, 9.17) is 0 Å². The number of rotatable bonds is 7. The SMILES string of the molecule is Cc1c(C)n(Cc2ccc(-c3ccccc3C(=O)O)cc2)c2ccc(C(=O)N[C@@H](C)c3cnc4c(c3)CCCN4)cc12. The summed E-state index contributed by atoms with van der Waals surface area (Å²) in [6.07, 6.45) is 3.93. The standard InChI is InChI=1S/C35H34N4O3/c1-21-23(3)39(20-24-10-12-25(13-11-24)29-8-4-5-9-30(29)35(41)42)32-15-14-27(18-31(21)32)34(40)38-22(2)28-17-26-7-6-16-36-33(26)37-19-28/h4-5,8-15,17-19,22H,6-7,16,20H2,1-3H3,(H,36,37)(H,38,40)(H,41,42)/t22-/m0/s1. The first-order valence-electron chi connectivity index (χ1n) is 14.3. The smallest absolute Gasteiger partial charge is 0.336 e. The number of nitrogens with zero attached hydrogens (tertiary/aromatic N) is 2. The van der Waals surface area contributed by atoms with Crippen LogP contribution in [0.2, 0.25) is 0 Å². The molecule has 0 aliphatic carbocycles. The van der Waals surface area contributed by atoms with Crippen molar-refractivity contribution in [2.24, 2.45) is 0 Å². The minimum Gasteiger partial charge on any atom is -0.478 e. The Morgan fingerprint density at radius 1 is 1.05 bits per heavy atom. The molecule has 3 aromatic carbocycles. The molecule has 212 valence electrons. The molecule has 0 saturated heterocycles. The van der Waals surface area contributed by atoms with E-state index in [0.717, 1.165) is 64.1 Å². The van der Waals surface area contributed by atoms with Crippen molar-refractivity contribution in [1.29, 1.82) is 0 Å². The third-order valence-electron chi connectivity index (χ3n) is 8.41. The number of pyridine rings is 1. The number of hydrogen-bond acceptors (Lipinski definition) is 4. The van der Waals surface area contributed by atoms with Gasteiger partial charge in [-0.2, -0.15) is 0 Å². The molecule has 5 aromatic rings. The van der Waals surface area contributed by atoms with E-state index in [-0.39, 0.29) is 11.9 Å². The van der Waals surface area contributed by atoms with E-state index in [1.165, 1.54) is 5.56 Å². The van der Waals surface area contributed by atoms with E-state index < -0.39 is 5.97 Å². The Morgan fingerprint density at radius 2 is 1.83 bits per heavy atom. The molecule has 3 N–H and O–H groups in total. The van der Waals surface area contributed by atoms with Gasteiger partial charge in [-0.3, -0.25) is 4.79 Å². The molecular formula is C35H34N4O3. The van der Waals surface area contributed by atoms with E-state index in [1.54, 1.807) is 12.1 Å². The van der Waals surface area contributed by atoms with Crippen LogP contribution in [0, 0.1) is 13.8 Å². The first kappa shape index (κ1) is 27.3. The molecule has 1 amide bonds. The first-order valence-corrected chi connectivity index (χ1v) is 14.3. The molecule has 7 heteroatoms.